The van der Waals surface area contributed by atoms with E-state index in [9.17, 15) is 30.3 Å². The van der Waals surface area contributed by atoms with Crippen molar-refractivity contribution in [3.63, 3.8) is 0 Å². The summed E-state index contributed by atoms with van der Waals surface area (Å²) in [5.41, 5.74) is -1.00. The van der Waals surface area contributed by atoms with Crippen molar-refractivity contribution in [2.75, 3.05) is 53.6 Å². The summed E-state index contributed by atoms with van der Waals surface area (Å²) in [5.74, 6) is 0.656. The second-order valence-corrected chi connectivity index (χ2v) is 26.0. The first-order valence-electron chi connectivity index (χ1n) is 26.3. The van der Waals surface area contributed by atoms with Gasteiger partial charge in [-0.2, -0.15) is 19.1 Å². The highest BCUT2D eigenvalue weighted by molar-refractivity contribution is 7.89. The minimum atomic E-state index is -4.56. The van der Waals surface area contributed by atoms with Gasteiger partial charge < -0.3 is 44.5 Å². The van der Waals surface area contributed by atoms with Crippen molar-refractivity contribution in [1.82, 2.24) is 19.2 Å². The smallest absolute Gasteiger partial charge is 0.407 e. The van der Waals surface area contributed by atoms with Crippen LogP contribution < -0.4 is 20.1 Å². The number of amides is 2. The van der Waals surface area contributed by atoms with Gasteiger partial charge in [0, 0.05) is 45.4 Å². The molecule has 0 aliphatic carbocycles. The maximum absolute atomic E-state index is 15.3. The quantitative estimate of drug-likeness (QED) is 0.0409. The number of methoxy groups -OCH3 is 2. The maximum atomic E-state index is 15.3. The molecule has 1 aliphatic rings. The molecule has 5 rings (SSSR count). The molecule has 19 nitrogen and oxygen atoms in total. The number of aliphatic hydroxyl groups excluding tert-OH is 2. The highest BCUT2D eigenvalue weighted by atomic mass is 32.2. The number of sulfonamides is 2. The third kappa shape index (κ3) is 19.5. The van der Waals surface area contributed by atoms with Gasteiger partial charge in [0.1, 0.15) is 23.2 Å². The third-order valence-corrected chi connectivity index (χ3v) is 17.2. The average Bonchev–Trinajstić information content (AvgIpc) is 3.93. The van der Waals surface area contributed by atoms with Crippen LogP contribution in [0.4, 0.5) is 9.59 Å². The van der Waals surface area contributed by atoms with E-state index in [-0.39, 0.29) is 73.8 Å². The Balaban J connectivity index is 1.57. The van der Waals surface area contributed by atoms with Gasteiger partial charge in [0.15, 0.2) is 0 Å². The number of alkyl carbamates (subject to hydrolysis) is 2. The van der Waals surface area contributed by atoms with Crippen molar-refractivity contribution < 1.29 is 60.3 Å². The third-order valence-electron chi connectivity index (χ3n) is 13.6. The van der Waals surface area contributed by atoms with E-state index in [1.165, 1.54) is 56.7 Å². The van der Waals surface area contributed by atoms with Crippen LogP contribution in [0.3, 0.4) is 0 Å². The summed E-state index contributed by atoms with van der Waals surface area (Å²) in [6.07, 6.45) is -4.00. The van der Waals surface area contributed by atoms with Crippen LogP contribution in [0.15, 0.2) is 113 Å². The monoisotopic (exact) mass is 1130 g/mol. The number of carbonyl (C=O) groups excluding carboxylic acids is 2. The van der Waals surface area contributed by atoms with Crippen molar-refractivity contribution in [3.05, 3.63) is 120 Å². The summed E-state index contributed by atoms with van der Waals surface area (Å²) < 4.78 is 90.6. The fourth-order valence-electron chi connectivity index (χ4n) is 9.39. The Hall–Kier alpha value is -6.30. The Bertz CT molecular complexity index is 2910. The molecular formula is C58H78N6O13S2. The van der Waals surface area contributed by atoms with Gasteiger partial charge in [0.05, 0.1) is 73.7 Å². The van der Waals surface area contributed by atoms with Crippen LogP contribution in [-0.2, 0) is 53.5 Å². The lowest BCUT2D eigenvalue weighted by atomic mass is 9.79. The van der Waals surface area contributed by atoms with E-state index in [1.807, 2.05) is 62.4 Å². The average molecular weight is 1130 g/mol. The van der Waals surface area contributed by atoms with Crippen LogP contribution >= 0.6 is 0 Å². The van der Waals surface area contributed by atoms with Gasteiger partial charge in [-0.05, 0) is 123 Å². The van der Waals surface area contributed by atoms with E-state index < -0.39 is 92.1 Å². The molecule has 0 aromatic heterocycles. The Kier molecular flexibility index (Phi) is 23.1. The predicted octanol–water partition coefficient (Wildman–Crippen LogP) is 7.55. The molecule has 0 spiro atoms. The molecule has 1 fully saturated rings. The van der Waals surface area contributed by atoms with E-state index >= 15 is 16.8 Å². The number of rotatable bonds is 29. The molecule has 0 bridgehead atoms. The molecule has 6 atom stereocenters. The van der Waals surface area contributed by atoms with Crippen LogP contribution in [0, 0.1) is 33.5 Å². The molecule has 0 saturated carbocycles. The number of hydrogen-bond acceptors (Lipinski definition) is 15. The van der Waals surface area contributed by atoms with Gasteiger partial charge in [-0.3, -0.25) is 0 Å². The van der Waals surface area contributed by atoms with Gasteiger partial charge >= 0.3 is 12.2 Å². The Morgan fingerprint density at radius 3 is 1.73 bits per heavy atom. The maximum Gasteiger partial charge on any atom is 0.407 e. The van der Waals surface area contributed by atoms with Gasteiger partial charge in [-0.1, -0.05) is 81.4 Å². The van der Waals surface area contributed by atoms with E-state index in [0.29, 0.717) is 30.8 Å². The number of benzene rings is 4. The second-order valence-electron chi connectivity index (χ2n) is 22.1. The van der Waals surface area contributed by atoms with Crippen molar-refractivity contribution in [3.8, 4) is 23.6 Å². The fraction of sp³-hybridized carbons (Fsp3) is 0.517. The minimum Gasteiger partial charge on any atom is -0.497 e. The lowest BCUT2D eigenvalue weighted by Crippen LogP contribution is -2.52. The van der Waals surface area contributed by atoms with Crippen molar-refractivity contribution in [2.45, 2.75) is 139 Å². The molecule has 430 valence electrons. The first kappa shape index (κ1) is 63.5. The van der Waals surface area contributed by atoms with Crippen LogP contribution in [0.5, 0.6) is 11.5 Å². The van der Waals surface area contributed by atoms with Gasteiger partial charge in [-0.15, -0.1) is 0 Å². The molecule has 79 heavy (non-hydrogen) atoms. The number of nitriles is 2. The zero-order chi connectivity index (χ0) is 58.0. The number of carbonyl (C=O) groups is 2. The van der Waals surface area contributed by atoms with Crippen molar-refractivity contribution in [2.24, 2.45) is 10.8 Å². The topological polar surface area (TPSA) is 267 Å². The number of hydrogen-bond donors (Lipinski definition) is 4. The number of aliphatic hydroxyl groups is 2. The van der Waals surface area contributed by atoms with E-state index in [1.54, 1.807) is 39.8 Å². The molecule has 1 unspecified atom stereocenters. The molecular weight excluding hydrogens is 1050 g/mol. The largest absolute Gasteiger partial charge is 0.497 e. The number of nitrogens with zero attached hydrogens (tertiary/aromatic N) is 4. The van der Waals surface area contributed by atoms with Crippen molar-refractivity contribution in [1.29, 1.82) is 10.5 Å². The molecule has 1 heterocycles. The standard InChI is InChI=1S/C58H78N6O13S2/c1-56(2,3)77-55(68)62-50(34-43-19-13-10-14-20-43)51(65)37-63(40-57(4,5)28-15-30-59)79(71,72)48-25-26-53(74-8)44(35-48)36-58(6,29-16-31-60)41-64(78(69,70)47-23-21-45(73-7)22-24-47)38-52(66)49(33-42-17-11-9-12-18-42)61-54(67)76-46-27-32-75-39-46/h9-14,17-26,35,46,49-52,65-66H,15-16,27-29,32-34,36-41H2,1-8H3,(H,61,67)(H,62,68)/t46-,49-,50-,51+,52+,58?/m0/s1. The molecule has 0 radical (unpaired) electrons. The summed E-state index contributed by atoms with van der Waals surface area (Å²) in [7, 11) is -6.21. The Labute approximate surface area is 466 Å². The molecule has 4 N–H and O–H groups in total. The summed E-state index contributed by atoms with van der Waals surface area (Å²) in [6, 6.07) is 30.4. The fourth-order valence-corrected chi connectivity index (χ4v) is 12.7. The first-order valence-corrected chi connectivity index (χ1v) is 29.2. The lowest BCUT2D eigenvalue weighted by Gasteiger charge is -2.37. The highest BCUT2D eigenvalue weighted by Gasteiger charge is 2.40. The van der Waals surface area contributed by atoms with Crippen LogP contribution in [0.1, 0.15) is 90.3 Å². The highest BCUT2D eigenvalue weighted by Crippen LogP contribution is 2.37. The van der Waals surface area contributed by atoms with E-state index in [2.05, 4.69) is 22.8 Å². The lowest BCUT2D eigenvalue weighted by molar-refractivity contribution is 0.0392. The number of ether oxygens (including phenoxy) is 5. The molecule has 4 aromatic rings. The van der Waals surface area contributed by atoms with Gasteiger partial charge in [0.2, 0.25) is 20.0 Å². The second kappa shape index (κ2) is 28.7. The van der Waals surface area contributed by atoms with Crippen LogP contribution in [-0.4, -0.2) is 137 Å². The molecule has 21 heteroatoms. The predicted molar refractivity (Wildman–Crippen MR) is 297 cm³/mol. The SMILES string of the molecule is COc1ccc(S(=O)(=O)N(C[C@@H](O)[C@H](Cc2ccccc2)NC(=O)O[C@H]2CCOC2)CC(C)(CCC#N)Cc2cc(S(=O)(=O)N(C[C@@H](O)[C@H](Cc3ccccc3)NC(=O)OC(C)(C)C)CC(C)(C)CCC#N)ccc2OC)cc1. The minimum absolute atomic E-state index is 0.0460. The summed E-state index contributed by atoms with van der Waals surface area (Å²) >= 11 is 0. The zero-order valence-corrected chi connectivity index (χ0v) is 48.2. The van der Waals surface area contributed by atoms with Crippen LogP contribution in [0.25, 0.3) is 0 Å². The molecule has 1 saturated heterocycles. The summed E-state index contributed by atoms with van der Waals surface area (Å²) in [6.45, 7) is 9.63. The van der Waals surface area contributed by atoms with E-state index in [0.717, 1.165) is 19.7 Å². The summed E-state index contributed by atoms with van der Waals surface area (Å²) in [5, 5.41) is 49.4. The molecule has 2 amide bonds. The Morgan fingerprint density at radius 2 is 1.23 bits per heavy atom. The van der Waals surface area contributed by atoms with Gasteiger partial charge in [-0.25, -0.2) is 26.4 Å². The normalized spacial score (nSPS) is 16.4. The molecule has 1 aliphatic heterocycles. The summed E-state index contributed by atoms with van der Waals surface area (Å²) in [4.78, 5) is 26.3. The van der Waals surface area contributed by atoms with Gasteiger partial charge in [0.25, 0.3) is 0 Å². The van der Waals surface area contributed by atoms with E-state index in [4.69, 9.17) is 23.7 Å². The number of nitrogens with one attached hydrogen (secondary N) is 2. The van der Waals surface area contributed by atoms with Crippen LogP contribution in [0.2, 0.25) is 0 Å². The first-order chi connectivity index (χ1) is 37.3. The molecule has 4 aromatic carbocycles. The van der Waals surface area contributed by atoms with Crippen molar-refractivity contribution >= 4 is 32.2 Å². The Morgan fingerprint density at radius 1 is 0.709 bits per heavy atom. The zero-order valence-electron chi connectivity index (χ0n) is 46.6.